The lowest BCUT2D eigenvalue weighted by Crippen LogP contribution is -2.43. The highest BCUT2D eigenvalue weighted by molar-refractivity contribution is 5.79. The molecule has 4 rings (SSSR count). The average Bonchev–Trinajstić information content (AvgIpc) is 3.06. The van der Waals surface area contributed by atoms with E-state index in [0.717, 1.165) is 48.4 Å². The van der Waals surface area contributed by atoms with Crippen LogP contribution in [0.5, 0.6) is 0 Å². The van der Waals surface area contributed by atoms with E-state index in [1.807, 2.05) is 42.5 Å². The molecule has 26 heavy (non-hydrogen) atoms. The van der Waals surface area contributed by atoms with E-state index in [1.54, 1.807) is 0 Å². The Bertz CT molecular complexity index is 956. The molecule has 0 spiro atoms. The van der Waals surface area contributed by atoms with Crippen molar-refractivity contribution in [2.75, 3.05) is 18.1 Å². The van der Waals surface area contributed by atoms with Crippen LogP contribution in [0.2, 0.25) is 0 Å². The molecule has 1 fully saturated rings. The summed E-state index contributed by atoms with van der Waals surface area (Å²) in [4.78, 5) is 7.12. The van der Waals surface area contributed by atoms with Crippen molar-refractivity contribution in [1.29, 1.82) is 5.26 Å². The summed E-state index contributed by atoms with van der Waals surface area (Å²) in [5, 5.41) is 19.3. The highest BCUT2D eigenvalue weighted by atomic mass is 16.3. The molecule has 2 heterocycles. The second-order valence-corrected chi connectivity index (χ2v) is 6.78. The Kier molecular flexibility index (Phi) is 4.59. The lowest BCUT2D eigenvalue weighted by atomic mass is 10.0. The quantitative estimate of drug-likeness (QED) is 0.787. The Labute approximate surface area is 153 Å². The third-order valence-corrected chi connectivity index (χ3v) is 5.20. The van der Waals surface area contributed by atoms with Crippen molar-refractivity contribution in [2.24, 2.45) is 0 Å². The van der Waals surface area contributed by atoms with Gasteiger partial charge in [-0.05, 0) is 43.0 Å². The number of hydrogen-bond donors (Lipinski definition) is 1. The number of aliphatic hydroxyl groups excluding tert-OH is 1. The molecule has 0 radical (unpaired) electrons. The Morgan fingerprint density at radius 2 is 1.92 bits per heavy atom. The van der Waals surface area contributed by atoms with Crippen molar-refractivity contribution in [1.82, 2.24) is 9.55 Å². The van der Waals surface area contributed by atoms with E-state index in [2.05, 4.69) is 21.6 Å². The van der Waals surface area contributed by atoms with Crippen molar-refractivity contribution in [3.05, 3.63) is 59.7 Å². The lowest BCUT2D eigenvalue weighted by molar-refractivity contribution is 0.238. The number of benzene rings is 2. The summed E-state index contributed by atoms with van der Waals surface area (Å²) in [5.74, 6) is 0.887. The fraction of sp³-hybridized carbons (Fsp3) is 0.333. The van der Waals surface area contributed by atoms with Gasteiger partial charge in [0.15, 0.2) is 0 Å². The zero-order chi connectivity index (χ0) is 17.9. The number of nitrogens with zero attached hydrogens (tertiary/aromatic N) is 4. The zero-order valence-corrected chi connectivity index (χ0v) is 14.7. The minimum Gasteiger partial charge on any atom is -0.394 e. The minimum absolute atomic E-state index is 0.102. The van der Waals surface area contributed by atoms with Gasteiger partial charge in [0.25, 0.3) is 0 Å². The number of para-hydroxylation sites is 2. The van der Waals surface area contributed by atoms with Crippen LogP contribution in [0.3, 0.4) is 0 Å². The van der Waals surface area contributed by atoms with Crippen LogP contribution >= 0.6 is 0 Å². The van der Waals surface area contributed by atoms with Crippen LogP contribution in [0.15, 0.2) is 48.5 Å². The topological polar surface area (TPSA) is 65.1 Å². The molecule has 0 aliphatic carbocycles. The number of imidazole rings is 1. The summed E-state index contributed by atoms with van der Waals surface area (Å²) in [7, 11) is 0. The summed E-state index contributed by atoms with van der Waals surface area (Å²) in [6, 6.07) is 18.2. The molecule has 132 valence electrons. The molecule has 0 bridgehead atoms. The van der Waals surface area contributed by atoms with Crippen LogP contribution in [0, 0.1) is 11.3 Å². The number of aliphatic hydroxyl groups is 1. The van der Waals surface area contributed by atoms with Gasteiger partial charge in [0, 0.05) is 6.54 Å². The van der Waals surface area contributed by atoms with Gasteiger partial charge in [-0.3, -0.25) is 0 Å². The highest BCUT2D eigenvalue weighted by Crippen LogP contribution is 2.29. The maximum atomic E-state index is 9.84. The number of anilines is 1. The molecule has 1 N–H and O–H groups in total. The third kappa shape index (κ3) is 2.93. The molecule has 0 saturated carbocycles. The number of nitriles is 1. The molecule has 0 amide bonds. The molecule has 0 unspecified atom stereocenters. The number of piperidine rings is 1. The molecule has 1 aliphatic heterocycles. The Balaban J connectivity index is 1.83. The first-order valence-corrected chi connectivity index (χ1v) is 9.12. The van der Waals surface area contributed by atoms with Gasteiger partial charge in [0.1, 0.15) is 0 Å². The van der Waals surface area contributed by atoms with Gasteiger partial charge in [-0.2, -0.15) is 5.26 Å². The summed E-state index contributed by atoms with van der Waals surface area (Å²) < 4.78 is 2.18. The first-order valence-electron chi connectivity index (χ1n) is 9.12. The van der Waals surface area contributed by atoms with Crippen molar-refractivity contribution < 1.29 is 5.11 Å². The van der Waals surface area contributed by atoms with Gasteiger partial charge in [0.05, 0.1) is 41.9 Å². The van der Waals surface area contributed by atoms with Crippen LogP contribution in [-0.2, 0) is 6.54 Å². The fourth-order valence-corrected chi connectivity index (χ4v) is 3.83. The highest BCUT2D eigenvalue weighted by Gasteiger charge is 2.26. The third-order valence-electron chi connectivity index (χ3n) is 5.20. The molecule has 5 heteroatoms. The molecule has 1 atom stereocenters. The first-order chi connectivity index (χ1) is 12.8. The lowest BCUT2D eigenvalue weighted by Gasteiger charge is -2.35. The molecular weight excluding hydrogens is 324 g/mol. The van der Waals surface area contributed by atoms with Crippen molar-refractivity contribution in [3.63, 3.8) is 0 Å². The van der Waals surface area contributed by atoms with E-state index in [1.165, 1.54) is 0 Å². The van der Waals surface area contributed by atoms with Crippen LogP contribution in [0.1, 0.15) is 30.4 Å². The van der Waals surface area contributed by atoms with Gasteiger partial charge in [-0.25, -0.2) is 4.98 Å². The predicted molar refractivity (Wildman–Crippen MR) is 102 cm³/mol. The molecular formula is C21H22N4O. The summed E-state index contributed by atoms with van der Waals surface area (Å²) in [5.41, 5.74) is 3.67. The monoisotopic (exact) mass is 346 g/mol. The van der Waals surface area contributed by atoms with Crippen LogP contribution < -0.4 is 4.90 Å². The van der Waals surface area contributed by atoms with E-state index in [0.29, 0.717) is 12.1 Å². The second kappa shape index (κ2) is 7.19. The number of fused-ring (bicyclic) bond motifs is 1. The van der Waals surface area contributed by atoms with Crippen molar-refractivity contribution in [2.45, 2.75) is 31.8 Å². The van der Waals surface area contributed by atoms with E-state index in [4.69, 9.17) is 4.98 Å². The van der Waals surface area contributed by atoms with E-state index in [-0.39, 0.29) is 12.6 Å². The second-order valence-electron chi connectivity index (χ2n) is 6.78. The maximum absolute atomic E-state index is 9.84. The van der Waals surface area contributed by atoms with Crippen LogP contribution in [0.25, 0.3) is 11.0 Å². The van der Waals surface area contributed by atoms with Crippen molar-refractivity contribution >= 4 is 17.0 Å². The minimum atomic E-state index is 0.102. The van der Waals surface area contributed by atoms with Crippen LogP contribution in [-0.4, -0.2) is 33.9 Å². The van der Waals surface area contributed by atoms with E-state index in [9.17, 15) is 10.4 Å². The molecule has 3 aromatic rings. The van der Waals surface area contributed by atoms with E-state index < -0.39 is 0 Å². The maximum Gasteiger partial charge on any atom is 0.207 e. The van der Waals surface area contributed by atoms with Crippen molar-refractivity contribution in [3.8, 4) is 6.07 Å². The Hall–Kier alpha value is -2.84. The normalized spacial score (nSPS) is 17.4. The SMILES string of the molecule is N#Cc1ccccc1Cn1c(N2CCCC[C@H]2CO)nc2ccccc21. The Morgan fingerprint density at radius 1 is 1.12 bits per heavy atom. The van der Waals surface area contributed by atoms with Gasteiger partial charge >= 0.3 is 0 Å². The number of hydrogen-bond acceptors (Lipinski definition) is 4. The Morgan fingerprint density at radius 3 is 2.77 bits per heavy atom. The first kappa shape index (κ1) is 16.6. The fourth-order valence-electron chi connectivity index (χ4n) is 3.83. The molecule has 2 aromatic carbocycles. The number of aromatic nitrogens is 2. The zero-order valence-electron chi connectivity index (χ0n) is 14.7. The summed E-state index contributed by atoms with van der Waals surface area (Å²) in [6.45, 7) is 1.63. The molecule has 1 saturated heterocycles. The van der Waals surface area contributed by atoms with Gasteiger partial charge < -0.3 is 14.6 Å². The predicted octanol–water partition coefficient (Wildman–Crippen LogP) is 3.31. The van der Waals surface area contributed by atoms with Gasteiger partial charge in [0.2, 0.25) is 5.95 Å². The van der Waals surface area contributed by atoms with Gasteiger partial charge in [-0.1, -0.05) is 30.3 Å². The van der Waals surface area contributed by atoms with Gasteiger partial charge in [-0.15, -0.1) is 0 Å². The standard InChI is InChI=1S/C21H22N4O/c22-13-16-7-1-2-8-17(16)14-25-20-11-4-3-10-19(20)23-21(25)24-12-6-5-9-18(24)15-26/h1-4,7-8,10-11,18,26H,5-6,9,12,14-15H2/t18-/m0/s1. The summed E-state index contributed by atoms with van der Waals surface area (Å²) >= 11 is 0. The van der Waals surface area contributed by atoms with Crippen LogP contribution in [0.4, 0.5) is 5.95 Å². The van der Waals surface area contributed by atoms with E-state index >= 15 is 0 Å². The largest absolute Gasteiger partial charge is 0.394 e. The average molecular weight is 346 g/mol. The summed E-state index contributed by atoms with van der Waals surface area (Å²) in [6.07, 6.45) is 3.22. The smallest absolute Gasteiger partial charge is 0.207 e. The molecule has 1 aromatic heterocycles. The molecule has 1 aliphatic rings. The number of rotatable bonds is 4. The molecule has 5 nitrogen and oxygen atoms in total.